The molecule has 1 N–H and O–H groups in total. The first kappa shape index (κ1) is 16.7. The molecule has 0 aliphatic rings. The molecular weight excluding hydrogens is 300 g/mol. The fourth-order valence-corrected chi connectivity index (χ4v) is 2.94. The van der Waals surface area contributed by atoms with Crippen LogP contribution in [0.25, 0.3) is 10.6 Å². The highest BCUT2D eigenvalue weighted by molar-refractivity contribution is 7.13. The Morgan fingerprint density at radius 3 is 2.73 bits per heavy atom. The largest absolute Gasteiger partial charge is 0.493 e. The van der Waals surface area contributed by atoms with Crippen LogP contribution < -0.4 is 9.47 Å². The third-order valence-electron chi connectivity index (χ3n) is 3.61. The number of ether oxygens (including phenoxy) is 2. The van der Waals surface area contributed by atoms with Gasteiger partial charge in [0.2, 0.25) is 0 Å². The highest BCUT2D eigenvalue weighted by Gasteiger charge is 2.16. The summed E-state index contributed by atoms with van der Waals surface area (Å²) in [5.74, 6) is 1.39. The van der Waals surface area contributed by atoms with E-state index >= 15 is 0 Å². The average Bonchev–Trinajstić information content (AvgIpc) is 3.01. The number of para-hydroxylation sites is 1. The normalized spacial score (nSPS) is 12.5. The Hall–Kier alpha value is -1.63. The van der Waals surface area contributed by atoms with Gasteiger partial charge in [-0.05, 0) is 26.1 Å². The summed E-state index contributed by atoms with van der Waals surface area (Å²) >= 11 is 1.58. The van der Waals surface area contributed by atoms with Gasteiger partial charge < -0.3 is 14.6 Å². The third-order valence-corrected chi connectivity index (χ3v) is 4.54. The van der Waals surface area contributed by atoms with E-state index < -0.39 is 0 Å². The molecule has 0 spiro atoms. The van der Waals surface area contributed by atoms with Crippen LogP contribution in [0, 0.1) is 0 Å². The Balaban J connectivity index is 2.25. The number of nitrogens with zero attached hydrogens (tertiary/aromatic N) is 2. The Labute approximate surface area is 135 Å². The number of hydrogen-bond acceptors (Lipinski definition) is 6. The topological polar surface area (TPSA) is 54.8 Å². The van der Waals surface area contributed by atoms with Crippen LogP contribution in [0.15, 0.2) is 23.6 Å². The number of aliphatic hydroxyl groups is 1. The highest BCUT2D eigenvalue weighted by atomic mass is 32.1. The van der Waals surface area contributed by atoms with E-state index in [4.69, 9.17) is 9.47 Å². The fourth-order valence-electron chi connectivity index (χ4n) is 2.11. The lowest BCUT2D eigenvalue weighted by molar-refractivity contribution is 0.153. The van der Waals surface area contributed by atoms with Gasteiger partial charge in [-0.25, -0.2) is 4.98 Å². The highest BCUT2D eigenvalue weighted by Crippen LogP contribution is 2.39. The Bertz CT molecular complexity index is 615. The first-order chi connectivity index (χ1) is 10.6. The van der Waals surface area contributed by atoms with Gasteiger partial charge in [-0.15, -0.1) is 11.3 Å². The van der Waals surface area contributed by atoms with E-state index in [0.717, 1.165) is 16.3 Å². The summed E-state index contributed by atoms with van der Waals surface area (Å²) in [5.41, 5.74) is 1.91. The van der Waals surface area contributed by atoms with Crippen LogP contribution in [0.4, 0.5) is 0 Å². The first-order valence-corrected chi connectivity index (χ1v) is 7.95. The minimum absolute atomic E-state index is 0.108. The zero-order valence-corrected chi connectivity index (χ0v) is 14.2. The zero-order chi connectivity index (χ0) is 16.1. The molecule has 22 heavy (non-hydrogen) atoms. The summed E-state index contributed by atoms with van der Waals surface area (Å²) in [4.78, 5) is 6.75. The number of aliphatic hydroxyl groups excluding tert-OH is 1. The summed E-state index contributed by atoms with van der Waals surface area (Å²) in [6.07, 6.45) is 0. The van der Waals surface area contributed by atoms with Crippen LogP contribution in [0.2, 0.25) is 0 Å². The number of thiazole rings is 1. The molecule has 0 radical (unpaired) electrons. The predicted molar refractivity (Wildman–Crippen MR) is 88.7 cm³/mol. The monoisotopic (exact) mass is 322 g/mol. The number of benzene rings is 1. The quantitative estimate of drug-likeness (QED) is 0.849. The maximum Gasteiger partial charge on any atom is 0.170 e. The average molecular weight is 322 g/mol. The summed E-state index contributed by atoms with van der Waals surface area (Å²) in [7, 11) is 5.23. The van der Waals surface area contributed by atoms with Gasteiger partial charge in [0.1, 0.15) is 5.01 Å². The molecule has 1 heterocycles. The van der Waals surface area contributed by atoms with Crippen LogP contribution in [0.3, 0.4) is 0 Å². The molecule has 0 aliphatic heterocycles. The molecule has 1 aromatic heterocycles. The molecule has 120 valence electrons. The molecule has 0 saturated carbocycles. The Kier molecular flexibility index (Phi) is 5.76. The van der Waals surface area contributed by atoms with Crippen molar-refractivity contribution >= 4 is 11.3 Å². The van der Waals surface area contributed by atoms with E-state index in [1.165, 1.54) is 0 Å². The van der Waals surface area contributed by atoms with E-state index in [1.54, 1.807) is 25.6 Å². The van der Waals surface area contributed by atoms with Crippen molar-refractivity contribution in [3.8, 4) is 22.1 Å². The van der Waals surface area contributed by atoms with Crippen LogP contribution >= 0.6 is 11.3 Å². The molecule has 5 nitrogen and oxygen atoms in total. The first-order valence-electron chi connectivity index (χ1n) is 7.07. The lowest BCUT2D eigenvalue weighted by Crippen LogP contribution is -2.31. The van der Waals surface area contributed by atoms with E-state index in [-0.39, 0.29) is 12.6 Å². The number of rotatable bonds is 7. The summed E-state index contributed by atoms with van der Waals surface area (Å²) < 4.78 is 10.8. The van der Waals surface area contributed by atoms with Crippen molar-refractivity contribution in [1.29, 1.82) is 0 Å². The SMILES string of the molecule is COc1cccc(-c2nc(CN(C)C(C)CO)cs2)c1OC. The smallest absolute Gasteiger partial charge is 0.170 e. The summed E-state index contributed by atoms with van der Waals surface area (Å²) in [6.45, 7) is 2.82. The van der Waals surface area contributed by atoms with Crippen molar-refractivity contribution < 1.29 is 14.6 Å². The molecular formula is C16H22N2O3S. The maximum absolute atomic E-state index is 9.20. The van der Waals surface area contributed by atoms with Crippen molar-refractivity contribution in [2.75, 3.05) is 27.9 Å². The van der Waals surface area contributed by atoms with Gasteiger partial charge in [0.05, 0.1) is 32.1 Å². The molecule has 0 amide bonds. The second-order valence-corrected chi connectivity index (χ2v) is 5.99. The van der Waals surface area contributed by atoms with Gasteiger partial charge in [0, 0.05) is 18.0 Å². The minimum Gasteiger partial charge on any atom is -0.493 e. The molecule has 1 atom stereocenters. The summed E-state index contributed by atoms with van der Waals surface area (Å²) in [5, 5.41) is 12.1. The van der Waals surface area contributed by atoms with Crippen LogP contribution in [-0.2, 0) is 6.54 Å². The molecule has 2 aromatic rings. The van der Waals surface area contributed by atoms with E-state index in [1.807, 2.05) is 37.6 Å². The van der Waals surface area contributed by atoms with Gasteiger partial charge in [-0.2, -0.15) is 0 Å². The molecule has 1 unspecified atom stereocenters. The number of hydrogen-bond donors (Lipinski definition) is 1. The molecule has 0 saturated heterocycles. The van der Waals surface area contributed by atoms with E-state index in [2.05, 4.69) is 9.88 Å². The van der Waals surface area contributed by atoms with Crippen molar-refractivity contribution in [2.45, 2.75) is 19.5 Å². The second kappa shape index (κ2) is 7.58. The summed E-state index contributed by atoms with van der Waals surface area (Å²) in [6, 6.07) is 5.88. The number of likely N-dealkylation sites (N-methyl/N-ethyl adjacent to an activating group) is 1. The molecule has 0 fully saturated rings. The number of aromatic nitrogens is 1. The number of methoxy groups -OCH3 is 2. The van der Waals surface area contributed by atoms with E-state index in [0.29, 0.717) is 18.0 Å². The van der Waals surface area contributed by atoms with Gasteiger partial charge in [-0.3, -0.25) is 4.90 Å². The molecule has 1 aromatic carbocycles. The maximum atomic E-state index is 9.20. The van der Waals surface area contributed by atoms with Crippen molar-refractivity contribution in [3.05, 3.63) is 29.3 Å². The minimum atomic E-state index is 0.108. The van der Waals surface area contributed by atoms with Crippen molar-refractivity contribution in [2.24, 2.45) is 0 Å². The lowest BCUT2D eigenvalue weighted by atomic mass is 10.2. The fraction of sp³-hybridized carbons (Fsp3) is 0.438. The molecule has 2 rings (SSSR count). The van der Waals surface area contributed by atoms with Gasteiger partial charge in [0.15, 0.2) is 11.5 Å². The lowest BCUT2D eigenvalue weighted by Gasteiger charge is -2.21. The van der Waals surface area contributed by atoms with Crippen LogP contribution in [0.1, 0.15) is 12.6 Å². The zero-order valence-electron chi connectivity index (χ0n) is 13.4. The van der Waals surface area contributed by atoms with Crippen molar-refractivity contribution in [3.63, 3.8) is 0 Å². The molecule has 6 heteroatoms. The van der Waals surface area contributed by atoms with Crippen LogP contribution in [-0.4, -0.2) is 48.9 Å². The van der Waals surface area contributed by atoms with Gasteiger partial charge in [0.25, 0.3) is 0 Å². The van der Waals surface area contributed by atoms with Crippen molar-refractivity contribution in [1.82, 2.24) is 9.88 Å². The van der Waals surface area contributed by atoms with Gasteiger partial charge in [-0.1, -0.05) is 6.07 Å². The van der Waals surface area contributed by atoms with E-state index in [9.17, 15) is 5.11 Å². The second-order valence-electron chi connectivity index (χ2n) is 5.13. The Morgan fingerprint density at radius 1 is 1.32 bits per heavy atom. The molecule has 0 bridgehead atoms. The van der Waals surface area contributed by atoms with Gasteiger partial charge >= 0.3 is 0 Å². The standard InChI is InChI=1S/C16H22N2O3S/c1-11(9-19)18(2)8-12-10-22-16(17-12)13-6-5-7-14(20-3)15(13)21-4/h5-7,10-11,19H,8-9H2,1-4H3. The third kappa shape index (κ3) is 3.58. The predicted octanol–water partition coefficient (Wildman–Crippen LogP) is 2.64. The molecule has 0 aliphatic carbocycles. The van der Waals surface area contributed by atoms with Crippen LogP contribution in [0.5, 0.6) is 11.5 Å². The Morgan fingerprint density at radius 2 is 2.09 bits per heavy atom.